The van der Waals surface area contributed by atoms with E-state index < -0.39 is 11.8 Å². The van der Waals surface area contributed by atoms with Gasteiger partial charge in [-0.1, -0.05) is 0 Å². The molecule has 0 aliphatic carbocycles. The molecule has 0 spiro atoms. The van der Waals surface area contributed by atoms with Crippen molar-refractivity contribution in [1.82, 2.24) is 4.98 Å². The molecule has 1 aromatic heterocycles. The van der Waals surface area contributed by atoms with Crippen LogP contribution in [0, 0.1) is 5.82 Å². The minimum absolute atomic E-state index is 0.0724. The number of ether oxygens (including phenoxy) is 1. The first-order valence-corrected chi connectivity index (χ1v) is 5.62. The molecule has 6 heteroatoms. The van der Waals surface area contributed by atoms with E-state index in [1.54, 1.807) is 19.9 Å². The maximum Gasteiger partial charge on any atom is 0.355 e. The molecule has 1 aliphatic heterocycles. The van der Waals surface area contributed by atoms with Crippen molar-refractivity contribution in [2.45, 2.75) is 6.92 Å². The lowest BCUT2D eigenvalue weighted by atomic mass is 10.0. The average molecular weight is 262 g/mol. The van der Waals surface area contributed by atoms with Gasteiger partial charge in [0.25, 0.3) is 0 Å². The van der Waals surface area contributed by atoms with Crippen LogP contribution in [0.15, 0.2) is 24.0 Å². The van der Waals surface area contributed by atoms with E-state index in [0.717, 1.165) is 6.20 Å². The summed E-state index contributed by atoms with van der Waals surface area (Å²) in [4.78, 5) is 28.1. The van der Waals surface area contributed by atoms with Gasteiger partial charge >= 0.3 is 5.97 Å². The molecule has 1 aromatic rings. The second-order valence-corrected chi connectivity index (χ2v) is 3.85. The molecule has 0 bridgehead atoms. The number of likely N-dealkylation sites (N-methyl/N-ethyl adjacent to an activating group) is 1. The van der Waals surface area contributed by atoms with Gasteiger partial charge in [0.15, 0.2) is 0 Å². The fourth-order valence-corrected chi connectivity index (χ4v) is 1.81. The summed E-state index contributed by atoms with van der Waals surface area (Å²) in [6, 6.07) is 1.18. The number of allylic oxidation sites excluding steroid dienone is 2. The van der Waals surface area contributed by atoms with E-state index in [2.05, 4.69) is 4.98 Å². The standard InChI is InChI=1S/C13H11FN2O3/c1-3-19-13(18)11-4-8(7-17)10-5-9(14)6-15-12(10)16(11)2/h4-6H,3H2,1-2H3. The van der Waals surface area contributed by atoms with Gasteiger partial charge in [-0.3, -0.25) is 0 Å². The van der Waals surface area contributed by atoms with Gasteiger partial charge in [-0.15, -0.1) is 0 Å². The quantitative estimate of drug-likeness (QED) is 0.594. The lowest BCUT2D eigenvalue weighted by Gasteiger charge is -2.26. The highest BCUT2D eigenvalue weighted by Gasteiger charge is 2.27. The largest absolute Gasteiger partial charge is 0.461 e. The number of aromatic nitrogens is 1. The Morgan fingerprint density at radius 1 is 1.58 bits per heavy atom. The Balaban J connectivity index is 2.54. The van der Waals surface area contributed by atoms with Gasteiger partial charge < -0.3 is 9.64 Å². The Bertz CT molecular complexity index is 618. The Kier molecular flexibility index (Phi) is 3.44. The summed E-state index contributed by atoms with van der Waals surface area (Å²) >= 11 is 0. The Morgan fingerprint density at radius 2 is 2.32 bits per heavy atom. The van der Waals surface area contributed by atoms with Gasteiger partial charge in [-0.2, -0.15) is 0 Å². The molecule has 0 saturated carbocycles. The number of hydrogen-bond acceptors (Lipinski definition) is 5. The first-order chi connectivity index (χ1) is 9.08. The maximum atomic E-state index is 13.2. The van der Waals surface area contributed by atoms with Crippen molar-refractivity contribution in [1.29, 1.82) is 0 Å². The molecule has 19 heavy (non-hydrogen) atoms. The predicted octanol–water partition coefficient (Wildman–Crippen LogP) is 1.33. The van der Waals surface area contributed by atoms with Crippen LogP contribution in [0.25, 0.3) is 5.57 Å². The van der Waals surface area contributed by atoms with Crippen LogP contribution < -0.4 is 4.90 Å². The summed E-state index contributed by atoms with van der Waals surface area (Å²) < 4.78 is 18.1. The van der Waals surface area contributed by atoms with Crippen molar-refractivity contribution < 1.29 is 18.7 Å². The molecular weight excluding hydrogens is 251 g/mol. The Hall–Kier alpha value is -2.46. The number of hydrogen-bond donors (Lipinski definition) is 0. The molecular formula is C13H11FN2O3. The summed E-state index contributed by atoms with van der Waals surface area (Å²) in [6.07, 6.45) is 2.33. The molecule has 2 heterocycles. The molecule has 98 valence electrons. The van der Waals surface area contributed by atoms with E-state index in [4.69, 9.17) is 4.74 Å². The van der Waals surface area contributed by atoms with Gasteiger partial charge in [0, 0.05) is 12.6 Å². The van der Waals surface area contributed by atoms with E-state index in [1.807, 2.05) is 0 Å². The summed E-state index contributed by atoms with van der Waals surface area (Å²) in [7, 11) is 1.59. The van der Waals surface area contributed by atoms with Gasteiger partial charge in [-0.25, -0.2) is 19.0 Å². The molecule has 0 N–H and O–H groups in total. The minimum Gasteiger partial charge on any atom is -0.461 e. The molecule has 0 amide bonds. The number of carbonyl (C=O) groups excluding carboxylic acids is 2. The third-order valence-corrected chi connectivity index (χ3v) is 2.68. The van der Waals surface area contributed by atoms with E-state index >= 15 is 0 Å². The van der Waals surface area contributed by atoms with Gasteiger partial charge in [0.1, 0.15) is 23.3 Å². The fraction of sp³-hybridized carbons (Fsp3) is 0.231. The predicted molar refractivity (Wildman–Crippen MR) is 66.4 cm³/mol. The summed E-state index contributed by atoms with van der Waals surface area (Å²) in [6.45, 7) is 1.90. The molecule has 2 rings (SSSR count). The molecule has 0 unspecified atom stereocenters. The first kappa shape index (κ1) is 13.0. The van der Waals surface area contributed by atoms with Crippen molar-refractivity contribution in [3.05, 3.63) is 35.4 Å². The van der Waals surface area contributed by atoms with Crippen LogP contribution in [0.2, 0.25) is 0 Å². The van der Waals surface area contributed by atoms with Crippen LogP contribution in [-0.4, -0.2) is 30.5 Å². The maximum absolute atomic E-state index is 13.2. The Morgan fingerprint density at radius 3 is 2.95 bits per heavy atom. The molecule has 5 nitrogen and oxygen atoms in total. The van der Waals surface area contributed by atoms with E-state index in [0.29, 0.717) is 11.4 Å². The second-order valence-electron chi connectivity index (χ2n) is 3.85. The van der Waals surface area contributed by atoms with Gasteiger partial charge in [0.05, 0.1) is 18.4 Å². The monoisotopic (exact) mass is 262 g/mol. The third-order valence-electron chi connectivity index (χ3n) is 2.68. The highest BCUT2D eigenvalue weighted by atomic mass is 19.1. The molecule has 1 aliphatic rings. The zero-order valence-corrected chi connectivity index (χ0v) is 10.4. The van der Waals surface area contributed by atoms with Crippen molar-refractivity contribution in [2.75, 3.05) is 18.6 Å². The number of nitrogens with zero attached hydrogens (tertiary/aromatic N) is 2. The van der Waals surface area contributed by atoms with Crippen LogP contribution in [0.3, 0.4) is 0 Å². The number of pyridine rings is 1. The summed E-state index contributed by atoms with van der Waals surface area (Å²) in [5.41, 5.74) is 0.528. The zero-order valence-electron chi connectivity index (χ0n) is 10.4. The van der Waals surface area contributed by atoms with Crippen LogP contribution in [-0.2, 0) is 14.3 Å². The van der Waals surface area contributed by atoms with Crippen molar-refractivity contribution in [3.8, 4) is 0 Å². The average Bonchev–Trinajstić information content (AvgIpc) is 2.39. The zero-order chi connectivity index (χ0) is 14.0. The lowest BCUT2D eigenvalue weighted by molar-refractivity contribution is -0.138. The second kappa shape index (κ2) is 5.04. The smallest absolute Gasteiger partial charge is 0.355 e. The van der Waals surface area contributed by atoms with E-state index in [9.17, 15) is 14.0 Å². The highest BCUT2D eigenvalue weighted by molar-refractivity contribution is 6.06. The molecule has 0 atom stereocenters. The van der Waals surface area contributed by atoms with Gasteiger partial charge in [-0.05, 0) is 19.1 Å². The fourth-order valence-electron chi connectivity index (χ4n) is 1.81. The van der Waals surface area contributed by atoms with Gasteiger partial charge in [0.2, 0.25) is 0 Å². The van der Waals surface area contributed by atoms with Crippen molar-refractivity contribution >= 4 is 23.3 Å². The topological polar surface area (TPSA) is 59.5 Å². The van der Waals surface area contributed by atoms with Crippen LogP contribution in [0.4, 0.5) is 10.2 Å². The molecule has 0 saturated heterocycles. The minimum atomic E-state index is -0.575. The molecule has 0 aromatic carbocycles. The number of rotatable bonds is 2. The number of fused-ring (bicyclic) bond motifs is 1. The summed E-state index contributed by atoms with van der Waals surface area (Å²) in [5, 5.41) is 0. The third kappa shape index (κ3) is 2.26. The number of carbonyl (C=O) groups is 1. The van der Waals surface area contributed by atoms with Crippen molar-refractivity contribution in [3.63, 3.8) is 0 Å². The first-order valence-electron chi connectivity index (χ1n) is 5.62. The highest BCUT2D eigenvalue weighted by Crippen LogP contribution is 2.32. The normalized spacial score (nSPS) is 13.5. The number of anilines is 1. The molecule has 0 radical (unpaired) electrons. The summed E-state index contributed by atoms with van der Waals surface area (Å²) in [5.74, 6) is 0.858. The van der Waals surface area contributed by atoms with Crippen molar-refractivity contribution in [2.24, 2.45) is 0 Å². The number of halogens is 1. The van der Waals surface area contributed by atoms with Crippen LogP contribution in [0.1, 0.15) is 12.5 Å². The van der Waals surface area contributed by atoms with E-state index in [1.165, 1.54) is 17.0 Å². The molecule has 0 fully saturated rings. The Labute approximate surface area is 109 Å². The SMILES string of the molecule is CCOC(=O)C1=CC(=C=O)c2cc(F)cnc2N1C. The number of esters is 1. The van der Waals surface area contributed by atoms with Crippen LogP contribution in [0.5, 0.6) is 0 Å². The van der Waals surface area contributed by atoms with E-state index in [-0.39, 0.29) is 17.9 Å². The van der Waals surface area contributed by atoms with Crippen LogP contribution >= 0.6 is 0 Å². The lowest BCUT2D eigenvalue weighted by Crippen LogP contribution is -2.29.